The third-order valence-corrected chi connectivity index (χ3v) is 6.80. The topological polar surface area (TPSA) is 397 Å². The van der Waals surface area contributed by atoms with E-state index in [1.807, 2.05) is 218 Å². The summed E-state index contributed by atoms with van der Waals surface area (Å²) >= 11 is 0. The van der Waals surface area contributed by atoms with Gasteiger partial charge in [-0.25, -0.2) is 0 Å². The molecule has 0 aliphatic rings. The molecule has 0 aliphatic heterocycles. The second-order valence-corrected chi connectivity index (χ2v) is 14.2. The average Bonchev–Trinajstić information content (AvgIpc) is 3.64. The van der Waals surface area contributed by atoms with Gasteiger partial charge in [0.2, 0.25) is 0 Å². The van der Waals surface area contributed by atoms with Crippen molar-refractivity contribution in [2.24, 2.45) is 0 Å². The Balaban J connectivity index is -0.000000224. The molecule has 0 bridgehead atoms. The summed E-state index contributed by atoms with van der Waals surface area (Å²) in [6.45, 7) is 0. The number of aromatic nitrogens is 12. The Kier molecular flexibility index (Phi) is 93.4. The van der Waals surface area contributed by atoms with Crippen molar-refractivity contribution < 1.29 is 86.2 Å². The maximum atomic E-state index is 10.1. The minimum Gasteiger partial charge on any atom is -0.398 e. The zero-order valence-corrected chi connectivity index (χ0v) is 51.1. The van der Waals surface area contributed by atoms with Gasteiger partial charge in [-0.15, -0.1) is 0 Å². The molecule has 12 aromatic heterocycles. The van der Waals surface area contributed by atoms with Crippen LogP contribution in [-0.4, -0.2) is 164 Å². The molecule has 0 saturated carbocycles. The maximum absolute atomic E-state index is 10.1. The summed E-state index contributed by atoms with van der Waals surface area (Å²) in [4.78, 5) is 45.4. The molecule has 0 amide bonds. The van der Waals surface area contributed by atoms with Gasteiger partial charge in [-0.05, 0) is 146 Å². The van der Waals surface area contributed by atoms with Crippen LogP contribution < -0.4 is 0 Å². The zero-order chi connectivity index (χ0) is 72.4. The van der Waals surface area contributed by atoms with Crippen LogP contribution in [0.1, 0.15) is 0 Å². The quantitative estimate of drug-likeness (QED) is 0.0567. The van der Waals surface area contributed by atoms with Crippen LogP contribution in [0.5, 0.6) is 0 Å². The molecule has 96 heavy (non-hydrogen) atoms. The van der Waals surface area contributed by atoms with Crippen molar-refractivity contribution in [1.82, 2.24) is 59.8 Å². The van der Waals surface area contributed by atoms with E-state index < -0.39 is 44.4 Å². The molecular weight excluding hydrogens is 1260 g/mol. The van der Waals surface area contributed by atoms with Gasteiger partial charge in [-0.1, -0.05) is 72.8 Å². The SMILES string of the molecule is OB(O)F.OB(O)F.OB(O)F.OB(O)F.OB(O)F.OB(O)F.c1ccncc1.c1ccncc1.c1ccncc1.c1ccncc1.c1ccncc1.c1ccncc1.c1ccncc1.c1ccncc1.c1ccncc1.c1ccncc1.c1ccncc1.c1ccncc1. The smallest absolute Gasteiger partial charge is 0.398 e. The average molecular weight is 1330 g/mol. The molecule has 0 spiro atoms. The molecule has 504 valence electrons. The highest BCUT2D eigenvalue weighted by Gasteiger charge is 1.99. The molecule has 0 fully saturated rings. The Morgan fingerprint density at radius 3 is 0.167 bits per heavy atom. The van der Waals surface area contributed by atoms with Crippen LogP contribution in [0.3, 0.4) is 0 Å². The Morgan fingerprint density at radius 2 is 0.156 bits per heavy atom. The molecule has 12 heterocycles. The molecule has 0 unspecified atom stereocenters. The van der Waals surface area contributed by atoms with E-state index in [0.29, 0.717) is 0 Å². The molecule has 0 radical (unpaired) electrons. The Bertz CT molecular complexity index is 1950. The number of nitrogens with zero attached hydrogens (tertiary/aromatic N) is 12. The number of hydrogen-bond donors (Lipinski definition) is 12. The molecule has 0 aromatic carbocycles. The summed E-state index contributed by atoms with van der Waals surface area (Å²) in [5, 5.41) is 83.3. The van der Waals surface area contributed by atoms with E-state index in [1.165, 1.54) is 0 Å². The van der Waals surface area contributed by atoms with Crippen LogP contribution in [0.2, 0.25) is 0 Å². The minimum absolute atomic E-state index is 1.75. The Morgan fingerprint density at radius 1 is 0.115 bits per heavy atom. The van der Waals surface area contributed by atoms with E-state index in [9.17, 15) is 25.9 Å². The van der Waals surface area contributed by atoms with Gasteiger partial charge in [-0.3, -0.25) is 85.7 Å². The highest BCUT2D eigenvalue weighted by atomic mass is 19.1. The number of hydrogen-bond acceptors (Lipinski definition) is 24. The van der Waals surface area contributed by atoms with Gasteiger partial charge in [-0.2, -0.15) is 0 Å². The van der Waals surface area contributed by atoms with Crippen LogP contribution in [0.4, 0.5) is 25.9 Å². The van der Waals surface area contributed by atoms with Gasteiger partial charge in [0.05, 0.1) is 0 Å². The summed E-state index contributed by atoms with van der Waals surface area (Å²) in [5.74, 6) is 0. The fourth-order valence-corrected chi connectivity index (χ4v) is 3.75. The molecular formula is C60H72B6F6N12O12. The van der Waals surface area contributed by atoms with E-state index in [4.69, 9.17) is 60.3 Å². The molecule has 0 saturated heterocycles. The first kappa shape index (κ1) is 96.4. The largest absolute Gasteiger partial charge is 0.674 e. The van der Waals surface area contributed by atoms with Gasteiger partial charge in [0.25, 0.3) is 0 Å². The van der Waals surface area contributed by atoms with Crippen molar-refractivity contribution in [2.45, 2.75) is 0 Å². The van der Waals surface area contributed by atoms with Crippen molar-refractivity contribution in [2.75, 3.05) is 0 Å². The van der Waals surface area contributed by atoms with E-state index >= 15 is 0 Å². The summed E-state index contributed by atoms with van der Waals surface area (Å²) in [6, 6.07) is 68.6. The molecule has 12 N–H and O–H groups in total. The van der Waals surface area contributed by atoms with Crippen LogP contribution >= 0.6 is 0 Å². The number of pyridine rings is 12. The lowest BCUT2D eigenvalue weighted by molar-refractivity contribution is 0.338. The van der Waals surface area contributed by atoms with Crippen molar-refractivity contribution in [1.29, 1.82) is 0 Å². The highest BCUT2D eigenvalue weighted by molar-refractivity contribution is 6.32. The lowest BCUT2D eigenvalue weighted by Gasteiger charge is -1.70. The molecule has 12 aromatic rings. The second kappa shape index (κ2) is 93.0. The minimum atomic E-state index is -2.67. The third-order valence-electron chi connectivity index (χ3n) is 6.80. The van der Waals surface area contributed by atoms with Crippen LogP contribution in [0.25, 0.3) is 0 Å². The second-order valence-electron chi connectivity index (χ2n) is 14.2. The summed E-state index contributed by atoms with van der Waals surface area (Å²) in [7, 11) is -16.0. The van der Waals surface area contributed by atoms with Gasteiger partial charge in [0.1, 0.15) is 0 Å². The fourth-order valence-electron chi connectivity index (χ4n) is 3.75. The van der Waals surface area contributed by atoms with Gasteiger partial charge in [0.15, 0.2) is 0 Å². The molecule has 12 rings (SSSR count). The predicted molar refractivity (Wildman–Crippen MR) is 359 cm³/mol. The van der Waals surface area contributed by atoms with Crippen LogP contribution in [-0.2, 0) is 0 Å². The van der Waals surface area contributed by atoms with Crippen LogP contribution in [0.15, 0.2) is 367 Å². The highest BCUT2D eigenvalue weighted by Crippen LogP contribution is 1.80. The van der Waals surface area contributed by atoms with Gasteiger partial charge >= 0.3 is 44.4 Å². The fraction of sp³-hybridized carbons (Fsp3) is 0. The van der Waals surface area contributed by atoms with E-state index in [1.54, 1.807) is 149 Å². The summed E-state index contributed by atoms with van der Waals surface area (Å²) in [6.07, 6.45) is 42.0. The number of halogens is 6. The normalized spacial score (nSPS) is 7.69. The van der Waals surface area contributed by atoms with E-state index in [0.717, 1.165) is 0 Å². The third kappa shape index (κ3) is 150. The molecule has 0 aliphatic carbocycles. The van der Waals surface area contributed by atoms with Crippen molar-refractivity contribution >= 4 is 44.4 Å². The number of rotatable bonds is 0. The predicted octanol–water partition coefficient (Wildman–Crippen LogP) is 6.53. The monoisotopic (exact) mass is 1330 g/mol. The molecule has 0 atom stereocenters. The molecule has 36 heteroatoms. The lowest BCUT2D eigenvalue weighted by atomic mass is 10.3. The van der Waals surface area contributed by atoms with Crippen molar-refractivity contribution in [3.63, 3.8) is 0 Å². The van der Waals surface area contributed by atoms with Crippen molar-refractivity contribution in [3.05, 3.63) is 367 Å². The van der Waals surface area contributed by atoms with E-state index in [-0.39, 0.29) is 0 Å². The standard InChI is InChI=1S/12C5H5N.6BFH2O2/c12*1-2-4-6-5-3-1;6*2-1(3)4/h12*1-5H;6*3-4H. The van der Waals surface area contributed by atoms with Crippen LogP contribution in [0, 0.1) is 0 Å². The van der Waals surface area contributed by atoms with Gasteiger partial charge in [0, 0.05) is 149 Å². The first-order chi connectivity index (χ1) is 46.4. The maximum Gasteiger partial charge on any atom is 0.674 e. The summed E-state index contributed by atoms with van der Waals surface area (Å²) in [5.41, 5.74) is 0. The Hall–Kier alpha value is -10.7. The first-order valence-corrected chi connectivity index (χ1v) is 26.6. The Labute approximate surface area is 555 Å². The summed E-state index contributed by atoms with van der Waals surface area (Å²) < 4.78 is 60.7. The first-order valence-electron chi connectivity index (χ1n) is 26.6. The van der Waals surface area contributed by atoms with E-state index in [2.05, 4.69) is 59.8 Å². The molecule has 24 nitrogen and oxygen atoms in total. The van der Waals surface area contributed by atoms with Crippen molar-refractivity contribution in [3.8, 4) is 0 Å². The zero-order valence-electron chi connectivity index (χ0n) is 51.1. The lowest BCUT2D eigenvalue weighted by Crippen LogP contribution is -1.98. The van der Waals surface area contributed by atoms with Gasteiger partial charge < -0.3 is 60.3 Å².